The lowest BCUT2D eigenvalue weighted by Crippen LogP contribution is -2.12. The van der Waals surface area contributed by atoms with Gasteiger partial charge in [-0.2, -0.15) is 5.10 Å². The van der Waals surface area contributed by atoms with Crippen molar-refractivity contribution in [3.05, 3.63) is 46.3 Å². The van der Waals surface area contributed by atoms with Gasteiger partial charge in [-0.3, -0.25) is 14.8 Å². The number of rotatable bonds is 4. The average molecular weight is 246 g/mol. The molecular formula is C12H14N4O2. The fraction of sp³-hybridized carbons (Fsp3) is 0.250. The summed E-state index contributed by atoms with van der Waals surface area (Å²) in [4.78, 5) is 10.2. The highest BCUT2D eigenvalue weighted by Crippen LogP contribution is 2.25. The third-order valence-corrected chi connectivity index (χ3v) is 2.83. The van der Waals surface area contributed by atoms with Gasteiger partial charge < -0.3 is 5.73 Å². The second-order valence-electron chi connectivity index (χ2n) is 3.96. The maximum Gasteiger partial charge on any atom is 0.269 e. The Balaban J connectivity index is 2.34. The lowest BCUT2D eigenvalue weighted by molar-refractivity contribution is -0.384. The summed E-state index contributed by atoms with van der Waals surface area (Å²) in [6, 6.07) is 6.45. The molecule has 0 fully saturated rings. The van der Waals surface area contributed by atoms with Crippen LogP contribution in [0.5, 0.6) is 0 Å². The molecule has 0 unspecified atom stereocenters. The molecule has 2 rings (SSSR count). The van der Waals surface area contributed by atoms with Crippen molar-refractivity contribution in [3.63, 3.8) is 0 Å². The van der Waals surface area contributed by atoms with Crippen molar-refractivity contribution in [1.29, 1.82) is 0 Å². The lowest BCUT2D eigenvalue weighted by atomic mass is 10.1. The van der Waals surface area contributed by atoms with Gasteiger partial charge in [0.25, 0.3) is 5.69 Å². The van der Waals surface area contributed by atoms with Crippen LogP contribution in [0.15, 0.2) is 30.5 Å². The molecule has 6 heteroatoms. The van der Waals surface area contributed by atoms with Crippen molar-refractivity contribution in [2.24, 2.45) is 5.73 Å². The molecule has 6 nitrogen and oxygen atoms in total. The van der Waals surface area contributed by atoms with Crippen LogP contribution in [0.3, 0.4) is 0 Å². The standard InChI is InChI=1S/C12H14N4O2/c1-9-12(8-14-15(9)7-6-13)10-2-4-11(5-3-10)16(17)18/h2-5,8H,6-7,13H2,1H3. The van der Waals surface area contributed by atoms with E-state index in [1.807, 2.05) is 11.6 Å². The van der Waals surface area contributed by atoms with Gasteiger partial charge in [-0.25, -0.2) is 0 Å². The average Bonchev–Trinajstić information content (AvgIpc) is 2.72. The van der Waals surface area contributed by atoms with E-state index in [1.165, 1.54) is 12.1 Å². The highest BCUT2D eigenvalue weighted by molar-refractivity contribution is 5.66. The monoisotopic (exact) mass is 246 g/mol. The number of non-ortho nitro benzene ring substituents is 1. The van der Waals surface area contributed by atoms with Gasteiger partial charge in [0.05, 0.1) is 17.7 Å². The van der Waals surface area contributed by atoms with Crippen LogP contribution in [0.1, 0.15) is 5.69 Å². The summed E-state index contributed by atoms with van der Waals surface area (Å²) < 4.78 is 1.83. The molecule has 2 aromatic rings. The molecule has 0 spiro atoms. The third kappa shape index (κ3) is 2.23. The largest absolute Gasteiger partial charge is 0.329 e. The smallest absolute Gasteiger partial charge is 0.269 e. The second kappa shape index (κ2) is 4.97. The number of nitro groups is 1. The van der Waals surface area contributed by atoms with Gasteiger partial charge in [0.15, 0.2) is 0 Å². The molecule has 0 radical (unpaired) electrons. The fourth-order valence-electron chi connectivity index (χ4n) is 1.84. The Morgan fingerprint density at radius 1 is 1.39 bits per heavy atom. The molecule has 0 atom stereocenters. The molecule has 0 aliphatic carbocycles. The molecule has 0 saturated heterocycles. The van der Waals surface area contributed by atoms with E-state index in [0.29, 0.717) is 13.1 Å². The SMILES string of the molecule is Cc1c(-c2ccc([N+](=O)[O-])cc2)cnn1CCN. The van der Waals surface area contributed by atoms with Crippen LogP contribution < -0.4 is 5.73 Å². The fourth-order valence-corrected chi connectivity index (χ4v) is 1.84. The number of hydrogen-bond acceptors (Lipinski definition) is 4. The zero-order chi connectivity index (χ0) is 13.1. The van der Waals surface area contributed by atoms with Gasteiger partial charge in [-0.15, -0.1) is 0 Å². The molecule has 1 heterocycles. The first-order valence-corrected chi connectivity index (χ1v) is 5.61. The summed E-state index contributed by atoms with van der Waals surface area (Å²) in [6.45, 7) is 3.15. The minimum atomic E-state index is -0.408. The summed E-state index contributed by atoms with van der Waals surface area (Å²) >= 11 is 0. The Morgan fingerprint density at radius 3 is 2.61 bits per heavy atom. The molecule has 0 amide bonds. The molecule has 0 bridgehead atoms. The molecule has 1 aromatic carbocycles. The number of aromatic nitrogens is 2. The molecule has 0 aliphatic heterocycles. The van der Waals surface area contributed by atoms with Crippen LogP contribution in [0.25, 0.3) is 11.1 Å². The molecule has 2 N–H and O–H groups in total. The summed E-state index contributed by atoms with van der Waals surface area (Å²) in [7, 11) is 0. The molecule has 18 heavy (non-hydrogen) atoms. The van der Waals surface area contributed by atoms with Crippen molar-refractivity contribution in [2.75, 3.05) is 6.54 Å². The first-order chi connectivity index (χ1) is 8.63. The first kappa shape index (κ1) is 12.3. The predicted octanol–water partition coefficient (Wildman–Crippen LogP) is 1.73. The topological polar surface area (TPSA) is 87.0 Å². The Bertz CT molecular complexity index is 560. The number of nitro benzene ring substituents is 1. The molecule has 0 aliphatic rings. The van der Waals surface area contributed by atoms with E-state index >= 15 is 0 Å². The Morgan fingerprint density at radius 2 is 2.06 bits per heavy atom. The number of nitrogens with two attached hydrogens (primary N) is 1. The van der Waals surface area contributed by atoms with E-state index < -0.39 is 4.92 Å². The number of nitrogens with zero attached hydrogens (tertiary/aromatic N) is 3. The van der Waals surface area contributed by atoms with Crippen molar-refractivity contribution < 1.29 is 4.92 Å². The molecule has 94 valence electrons. The van der Waals surface area contributed by atoms with Crippen LogP contribution in [0.4, 0.5) is 5.69 Å². The van der Waals surface area contributed by atoms with E-state index in [2.05, 4.69) is 5.10 Å². The predicted molar refractivity (Wildman–Crippen MR) is 68.1 cm³/mol. The number of hydrogen-bond donors (Lipinski definition) is 1. The van der Waals surface area contributed by atoms with Crippen LogP contribution in [0, 0.1) is 17.0 Å². The van der Waals surface area contributed by atoms with Crippen LogP contribution in [0.2, 0.25) is 0 Å². The summed E-state index contributed by atoms with van der Waals surface area (Å²) in [5, 5.41) is 14.8. The first-order valence-electron chi connectivity index (χ1n) is 5.61. The zero-order valence-electron chi connectivity index (χ0n) is 10.0. The van der Waals surface area contributed by atoms with E-state index in [9.17, 15) is 10.1 Å². The van der Waals surface area contributed by atoms with Crippen molar-refractivity contribution >= 4 is 5.69 Å². The summed E-state index contributed by atoms with van der Waals surface area (Å²) in [5.74, 6) is 0. The van der Waals surface area contributed by atoms with Gasteiger partial charge in [0.1, 0.15) is 0 Å². The van der Waals surface area contributed by atoms with Gasteiger partial charge in [0, 0.05) is 29.9 Å². The van der Waals surface area contributed by atoms with E-state index in [4.69, 9.17) is 5.73 Å². The third-order valence-electron chi connectivity index (χ3n) is 2.83. The summed E-state index contributed by atoms with van der Waals surface area (Å²) in [5.41, 5.74) is 8.48. The van der Waals surface area contributed by atoms with Gasteiger partial charge in [-0.05, 0) is 24.6 Å². The van der Waals surface area contributed by atoms with Crippen LogP contribution >= 0.6 is 0 Å². The van der Waals surface area contributed by atoms with Crippen molar-refractivity contribution in [2.45, 2.75) is 13.5 Å². The van der Waals surface area contributed by atoms with E-state index in [0.717, 1.165) is 16.8 Å². The zero-order valence-corrected chi connectivity index (χ0v) is 10.0. The van der Waals surface area contributed by atoms with E-state index in [1.54, 1.807) is 18.3 Å². The van der Waals surface area contributed by atoms with Crippen LogP contribution in [-0.4, -0.2) is 21.2 Å². The van der Waals surface area contributed by atoms with Gasteiger partial charge in [-0.1, -0.05) is 0 Å². The molecular weight excluding hydrogens is 232 g/mol. The molecule has 0 saturated carbocycles. The Kier molecular flexibility index (Phi) is 3.38. The number of benzene rings is 1. The minimum Gasteiger partial charge on any atom is -0.329 e. The van der Waals surface area contributed by atoms with Gasteiger partial charge >= 0.3 is 0 Å². The Labute approximate surface area is 104 Å². The maximum absolute atomic E-state index is 10.6. The molecule has 1 aromatic heterocycles. The summed E-state index contributed by atoms with van der Waals surface area (Å²) in [6.07, 6.45) is 1.76. The quantitative estimate of drug-likeness (QED) is 0.657. The maximum atomic E-state index is 10.6. The van der Waals surface area contributed by atoms with Crippen LogP contribution in [-0.2, 0) is 6.54 Å². The van der Waals surface area contributed by atoms with Gasteiger partial charge in [0.2, 0.25) is 0 Å². The minimum absolute atomic E-state index is 0.0887. The Hall–Kier alpha value is -2.21. The van der Waals surface area contributed by atoms with Crippen molar-refractivity contribution in [3.8, 4) is 11.1 Å². The van der Waals surface area contributed by atoms with Crippen molar-refractivity contribution in [1.82, 2.24) is 9.78 Å². The second-order valence-corrected chi connectivity index (χ2v) is 3.96. The highest BCUT2D eigenvalue weighted by atomic mass is 16.6. The normalized spacial score (nSPS) is 10.6. The van der Waals surface area contributed by atoms with E-state index in [-0.39, 0.29) is 5.69 Å². The lowest BCUT2D eigenvalue weighted by Gasteiger charge is -2.03. The highest BCUT2D eigenvalue weighted by Gasteiger charge is 2.10.